The Hall–Kier alpha value is -2.66. The molecule has 4 nitrogen and oxygen atoms in total. The highest BCUT2D eigenvalue weighted by atomic mass is 32.1. The zero-order valence-electron chi connectivity index (χ0n) is 16.3. The number of fused-ring (bicyclic) bond motifs is 1. The number of alkyl halides is 6. The van der Waals surface area contributed by atoms with Crippen LogP contribution >= 0.6 is 11.3 Å². The highest BCUT2D eigenvalue weighted by Crippen LogP contribution is 2.37. The van der Waals surface area contributed by atoms with Crippen LogP contribution in [0.2, 0.25) is 0 Å². The van der Waals surface area contributed by atoms with Gasteiger partial charge in [0.2, 0.25) is 0 Å². The molecule has 1 atom stereocenters. The molecule has 1 aromatic heterocycles. The topological polar surface area (TPSA) is 42.4 Å². The van der Waals surface area contributed by atoms with E-state index in [1.807, 2.05) is 0 Å². The zero-order chi connectivity index (χ0) is 23.1. The number of thiazole rings is 1. The molecule has 1 saturated heterocycles. The van der Waals surface area contributed by atoms with Gasteiger partial charge in [-0.25, -0.2) is 4.98 Å². The summed E-state index contributed by atoms with van der Waals surface area (Å²) < 4.78 is 85.9. The fraction of sp³-hybridized carbons (Fsp3) is 0.333. The summed E-state index contributed by atoms with van der Waals surface area (Å²) in [6, 6.07) is 7.84. The van der Waals surface area contributed by atoms with Crippen molar-refractivity contribution in [2.75, 3.05) is 18.1 Å². The second-order valence-electron chi connectivity index (χ2n) is 7.31. The standard InChI is InChI=1S/C21H16F6N2O2S/c22-20(23,24)13-8-12(9-14(10-13)21(25,26)27)18(30)29(11-15-4-3-7-31-15)19-28-16-5-1-2-6-17(16)32-19/h1-2,5-6,8-10,15H,3-4,7,11H2. The number of ether oxygens (including phenoxy) is 1. The molecule has 2 aromatic carbocycles. The quantitative estimate of drug-likeness (QED) is 0.426. The Morgan fingerprint density at radius 3 is 2.28 bits per heavy atom. The molecule has 1 fully saturated rings. The Morgan fingerprint density at radius 1 is 1.06 bits per heavy atom. The summed E-state index contributed by atoms with van der Waals surface area (Å²) in [5.41, 5.74) is -3.24. The minimum Gasteiger partial charge on any atom is -0.376 e. The highest BCUT2D eigenvalue weighted by molar-refractivity contribution is 7.22. The molecular formula is C21H16F6N2O2S. The minimum atomic E-state index is -5.05. The van der Waals surface area contributed by atoms with Gasteiger partial charge in [0.1, 0.15) is 0 Å². The number of carbonyl (C=O) groups is 1. The van der Waals surface area contributed by atoms with Crippen molar-refractivity contribution in [1.29, 1.82) is 0 Å². The summed E-state index contributed by atoms with van der Waals surface area (Å²) in [6.07, 6.45) is -9.13. The fourth-order valence-corrected chi connectivity index (χ4v) is 4.42. The van der Waals surface area contributed by atoms with Crippen molar-refractivity contribution < 1.29 is 35.9 Å². The molecule has 0 N–H and O–H groups in total. The number of halogens is 6. The lowest BCUT2D eigenvalue weighted by Crippen LogP contribution is -2.37. The normalized spacial score (nSPS) is 17.1. The number of anilines is 1. The van der Waals surface area contributed by atoms with E-state index in [2.05, 4.69) is 4.98 Å². The molecule has 0 saturated carbocycles. The highest BCUT2D eigenvalue weighted by Gasteiger charge is 2.38. The SMILES string of the molecule is O=C(c1cc(C(F)(F)F)cc(C(F)(F)F)c1)N(CC1CCCO1)c1nc2ccccc2s1. The van der Waals surface area contributed by atoms with E-state index in [-0.39, 0.29) is 23.8 Å². The average molecular weight is 474 g/mol. The molecule has 0 aliphatic carbocycles. The molecule has 0 bridgehead atoms. The van der Waals surface area contributed by atoms with Crippen LogP contribution in [0.3, 0.4) is 0 Å². The van der Waals surface area contributed by atoms with Gasteiger partial charge in [-0.3, -0.25) is 9.69 Å². The van der Waals surface area contributed by atoms with Gasteiger partial charge >= 0.3 is 12.4 Å². The zero-order valence-corrected chi connectivity index (χ0v) is 17.2. The molecule has 0 radical (unpaired) electrons. The third-order valence-electron chi connectivity index (χ3n) is 5.00. The van der Waals surface area contributed by atoms with E-state index in [0.29, 0.717) is 30.7 Å². The van der Waals surface area contributed by atoms with Gasteiger partial charge in [-0.2, -0.15) is 26.3 Å². The first-order chi connectivity index (χ1) is 15.0. The molecule has 3 aromatic rings. The lowest BCUT2D eigenvalue weighted by atomic mass is 10.0. The molecule has 0 spiro atoms. The summed E-state index contributed by atoms with van der Waals surface area (Å²) in [5.74, 6) is -1.00. The number of hydrogen-bond acceptors (Lipinski definition) is 4. The van der Waals surface area contributed by atoms with E-state index < -0.39 is 35.0 Å². The lowest BCUT2D eigenvalue weighted by Gasteiger charge is -2.24. The first kappa shape index (κ1) is 22.5. The van der Waals surface area contributed by atoms with Gasteiger partial charge in [0.05, 0.1) is 34.0 Å². The van der Waals surface area contributed by atoms with Gasteiger partial charge in [0.15, 0.2) is 5.13 Å². The molecule has 1 unspecified atom stereocenters. The van der Waals surface area contributed by atoms with Crippen molar-refractivity contribution in [3.8, 4) is 0 Å². The molecule has 32 heavy (non-hydrogen) atoms. The van der Waals surface area contributed by atoms with Crippen molar-refractivity contribution in [3.05, 3.63) is 59.2 Å². The summed E-state index contributed by atoms with van der Waals surface area (Å²) in [7, 11) is 0. The summed E-state index contributed by atoms with van der Waals surface area (Å²) in [6.45, 7) is 0.435. The summed E-state index contributed by atoms with van der Waals surface area (Å²) in [5, 5.41) is 0.178. The van der Waals surface area contributed by atoms with Gasteiger partial charge in [-0.15, -0.1) is 0 Å². The van der Waals surface area contributed by atoms with Crippen LogP contribution in [0, 0.1) is 0 Å². The number of para-hydroxylation sites is 1. The number of aromatic nitrogens is 1. The Bertz CT molecular complexity index is 1070. The Labute approximate surface area is 182 Å². The Balaban J connectivity index is 1.79. The maximum Gasteiger partial charge on any atom is 0.416 e. The van der Waals surface area contributed by atoms with Crippen LogP contribution in [0.4, 0.5) is 31.5 Å². The van der Waals surface area contributed by atoms with Crippen LogP contribution in [0.15, 0.2) is 42.5 Å². The van der Waals surface area contributed by atoms with E-state index in [1.165, 1.54) is 0 Å². The van der Waals surface area contributed by atoms with Gasteiger partial charge < -0.3 is 4.74 Å². The predicted octanol–water partition coefficient (Wildman–Crippen LogP) is 6.16. The third-order valence-corrected chi connectivity index (χ3v) is 6.06. The van der Waals surface area contributed by atoms with E-state index >= 15 is 0 Å². The van der Waals surface area contributed by atoms with Crippen LogP contribution in [0.1, 0.15) is 34.3 Å². The third kappa shape index (κ3) is 4.73. The molecule has 2 heterocycles. The van der Waals surface area contributed by atoms with Crippen LogP contribution < -0.4 is 4.90 Å². The van der Waals surface area contributed by atoms with Crippen molar-refractivity contribution >= 4 is 32.6 Å². The molecule has 1 amide bonds. The summed E-state index contributed by atoms with van der Waals surface area (Å²) >= 11 is 1.13. The van der Waals surface area contributed by atoms with E-state index in [4.69, 9.17) is 4.74 Å². The van der Waals surface area contributed by atoms with Gasteiger partial charge in [-0.1, -0.05) is 23.5 Å². The van der Waals surface area contributed by atoms with E-state index in [1.54, 1.807) is 24.3 Å². The van der Waals surface area contributed by atoms with Crippen LogP contribution in [-0.2, 0) is 17.1 Å². The lowest BCUT2D eigenvalue weighted by molar-refractivity contribution is -0.143. The Morgan fingerprint density at radius 2 is 1.72 bits per heavy atom. The van der Waals surface area contributed by atoms with Gasteiger partial charge in [0.25, 0.3) is 5.91 Å². The number of benzene rings is 2. The summed E-state index contributed by atoms with van der Waals surface area (Å²) in [4.78, 5) is 18.7. The number of hydrogen-bond donors (Lipinski definition) is 0. The van der Waals surface area contributed by atoms with Crippen molar-refractivity contribution in [2.45, 2.75) is 31.3 Å². The smallest absolute Gasteiger partial charge is 0.376 e. The van der Waals surface area contributed by atoms with Crippen molar-refractivity contribution in [3.63, 3.8) is 0 Å². The molecule has 1 aliphatic rings. The van der Waals surface area contributed by atoms with E-state index in [9.17, 15) is 31.1 Å². The predicted molar refractivity (Wildman–Crippen MR) is 107 cm³/mol. The van der Waals surface area contributed by atoms with Crippen molar-refractivity contribution in [1.82, 2.24) is 4.98 Å². The van der Waals surface area contributed by atoms with Crippen molar-refractivity contribution in [2.24, 2.45) is 0 Å². The van der Waals surface area contributed by atoms with Crippen LogP contribution in [0.5, 0.6) is 0 Å². The van der Waals surface area contributed by atoms with E-state index in [0.717, 1.165) is 27.4 Å². The second kappa shape index (κ2) is 8.36. The maximum absolute atomic E-state index is 13.3. The fourth-order valence-electron chi connectivity index (χ4n) is 3.45. The first-order valence-corrected chi connectivity index (χ1v) is 10.4. The second-order valence-corrected chi connectivity index (χ2v) is 8.32. The largest absolute Gasteiger partial charge is 0.416 e. The van der Waals surface area contributed by atoms with Gasteiger partial charge in [0, 0.05) is 12.2 Å². The molecular weight excluding hydrogens is 458 g/mol. The first-order valence-electron chi connectivity index (χ1n) is 9.61. The maximum atomic E-state index is 13.3. The monoisotopic (exact) mass is 474 g/mol. The molecule has 11 heteroatoms. The number of rotatable bonds is 4. The molecule has 4 rings (SSSR count). The number of nitrogens with zero attached hydrogens (tertiary/aromatic N) is 2. The van der Waals surface area contributed by atoms with Gasteiger partial charge in [-0.05, 0) is 43.2 Å². The number of carbonyl (C=O) groups excluding carboxylic acids is 1. The minimum absolute atomic E-state index is 0.00110. The number of amides is 1. The molecule has 170 valence electrons. The van der Waals surface area contributed by atoms with Crippen LogP contribution in [-0.4, -0.2) is 30.1 Å². The molecule has 1 aliphatic heterocycles. The average Bonchev–Trinajstić information content (AvgIpc) is 3.39. The van der Waals surface area contributed by atoms with Crippen LogP contribution in [0.25, 0.3) is 10.2 Å². The Kier molecular flexibility index (Phi) is 5.89.